The molecule has 138 valence electrons. The molecule has 0 spiro atoms. The first-order chi connectivity index (χ1) is 12.4. The molecule has 0 bridgehead atoms. The molecule has 8 nitrogen and oxygen atoms in total. The molecule has 0 atom stereocenters. The van der Waals surface area contributed by atoms with Crippen LogP contribution in [0.25, 0.3) is 0 Å². The second-order valence-corrected chi connectivity index (χ2v) is 7.11. The van der Waals surface area contributed by atoms with E-state index in [1.807, 2.05) is 0 Å². The fourth-order valence-electron chi connectivity index (χ4n) is 2.51. The van der Waals surface area contributed by atoms with Crippen LogP contribution < -0.4 is 23.7 Å². The lowest BCUT2D eigenvalue weighted by Crippen LogP contribution is -2.15. The Morgan fingerprint density at radius 1 is 1.04 bits per heavy atom. The van der Waals surface area contributed by atoms with E-state index in [1.54, 1.807) is 0 Å². The van der Waals surface area contributed by atoms with Gasteiger partial charge in [-0.3, -0.25) is 9.52 Å². The molecule has 0 fully saturated rings. The second kappa shape index (κ2) is 6.75. The fourth-order valence-corrected chi connectivity index (χ4v) is 3.59. The summed E-state index contributed by atoms with van der Waals surface area (Å²) in [6.45, 7) is 1.35. The number of rotatable bonds is 6. The Hall–Kier alpha value is -2.94. The Balaban J connectivity index is 2.01. The van der Waals surface area contributed by atoms with E-state index in [0.717, 1.165) is 0 Å². The number of nitrogens with one attached hydrogen (secondary N) is 1. The summed E-state index contributed by atoms with van der Waals surface area (Å²) in [7, 11) is -1.11. The monoisotopic (exact) mass is 379 g/mol. The van der Waals surface area contributed by atoms with Crippen molar-refractivity contribution in [3.63, 3.8) is 0 Å². The van der Waals surface area contributed by atoms with Gasteiger partial charge in [0.15, 0.2) is 28.8 Å². The van der Waals surface area contributed by atoms with Crippen molar-refractivity contribution in [2.24, 2.45) is 0 Å². The van der Waals surface area contributed by atoms with Crippen LogP contribution in [0.2, 0.25) is 0 Å². The van der Waals surface area contributed by atoms with E-state index >= 15 is 0 Å². The Kier molecular flexibility index (Phi) is 4.64. The first-order valence-corrected chi connectivity index (χ1v) is 9.03. The summed E-state index contributed by atoms with van der Waals surface area (Å²) < 4.78 is 48.7. The molecule has 0 saturated heterocycles. The molecule has 0 saturated carbocycles. The molecule has 3 rings (SSSR count). The zero-order chi connectivity index (χ0) is 18.9. The fraction of sp³-hybridized carbons (Fsp3) is 0.235. The molecule has 1 aliphatic rings. The number of hydrogen-bond donors (Lipinski definition) is 1. The number of carbonyl (C=O) groups is 1. The summed E-state index contributed by atoms with van der Waals surface area (Å²) in [5.41, 5.74) is 0.287. The van der Waals surface area contributed by atoms with Gasteiger partial charge in [-0.15, -0.1) is 0 Å². The summed E-state index contributed by atoms with van der Waals surface area (Å²) in [4.78, 5) is 11.9. The SMILES string of the molecule is COc1ccc(S(=O)(=O)Nc2cc3c(cc2C(C)=O)OCO3)cc1OC. The number of anilines is 1. The molecular formula is C17H17NO7S. The Labute approximate surface area is 150 Å². The number of methoxy groups -OCH3 is 2. The average Bonchev–Trinajstić information content (AvgIpc) is 3.07. The minimum atomic E-state index is -3.98. The summed E-state index contributed by atoms with van der Waals surface area (Å²) in [5, 5.41) is 0. The normalized spacial score (nSPS) is 12.6. The van der Waals surface area contributed by atoms with E-state index in [2.05, 4.69) is 4.72 Å². The highest BCUT2D eigenvalue weighted by molar-refractivity contribution is 7.92. The van der Waals surface area contributed by atoms with Gasteiger partial charge in [-0.1, -0.05) is 0 Å². The van der Waals surface area contributed by atoms with Crippen molar-refractivity contribution in [1.82, 2.24) is 0 Å². The lowest BCUT2D eigenvalue weighted by atomic mass is 10.1. The standard InChI is InChI=1S/C17H17NO7S/c1-10(19)12-7-16-17(25-9-24-16)8-13(12)18-26(20,21)11-4-5-14(22-2)15(6-11)23-3/h4-8,18H,9H2,1-3H3. The van der Waals surface area contributed by atoms with E-state index < -0.39 is 10.0 Å². The van der Waals surface area contributed by atoms with Gasteiger partial charge in [0.25, 0.3) is 10.0 Å². The number of ketones is 1. The second-order valence-electron chi connectivity index (χ2n) is 5.43. The molecule has 0 aromatic heterocycles. The van der Waals surface area contributed by atoms with Crippen molar-refractivity contribution in [3.8, 4) is 23.0 Å². The number of carbonyl (C=O) groups excluding carboxylic acids is 1. The highest BCUT2D eigenvalue weighted by Gasteiger charge is 2.24. The zero-order valence-electron chi connectivity index (χ0n) is 14.4. The van der Waals surface area contributed by atoms with Crippen molar-refractivity contribution >= 4 is 21.5 Å². The van der Waals surface area contributed by atoms with Crippen LogP contribution in [0.1, 0.15) is 17.3 Å². The van der Waals surface area contributed by atoms with Crippen LogP contribution >= 0.6 is 0 Å². The highest BCUT2D eigenvalue weighted by atomic mass is 32.2. The van der Waals surface area contributed by atoms with Crippen molar-refractivity contribution in [1.29, 1.82) is 0 Å². The Morgan fingerprint density at radius 2 is 1.69 bits per heavy atom. The summed E-state index contributed by atoms with van der Waals surface area (Å²) >= 11 is 0. The quantitative estimate of drug-likeness (QED) is 0.770. The number of sulfonamides is 1. The largest absolute Gasteiger partial charge is 0.493 e. The molecule has 0 unspecified atom stereocenters. The van der Waals surface area contributed by atoms with Crippen LogP contribution in [-0.2, 0) is 10.0 Å². The minimum absolute atomic E-state index is 0.0125. The van der Waals surface area contributed by atoms with Crippen LogP contribution in [0.5, 0.6) is 23.0 Å². The molecule has 9 heteroatoms. The van der Waals surface area contributed by atoms with Gasteiger partial charge in [-0.2, -0.15) is 0 Å². The molecule has 0 aliphatic carbocycles. The molecule has 0 amide bonds. The van der Waals surface area contributed by atoms with Gasteiger partial charge in [0.05, 0.1) is 24.8 Å². The average molecular weight is 379 g/mol. The third kappa shape index (κ3) is 3.25. The highest BCUT2D eigenvalue weighted by Crippen LogP contribution is 2.38. The van der Waals surface area contributed by atoms with Gasteiger partial charge in [-0.05, 0) is 25.1 Å². The zero-order valence-corrected chi connectivity index (χ0v) is 15.2. The van der Waals surface area contributed by atoms with E-state index in [4.69, 9.17) is 18.9 Å². The maximum absolute atomic E-state index is 12.8. The Morgan fingerprint density at radius 3 is 2.31 bits per heavy atom. The van der Waals surface area contributed by atoms with Crippen LogP contribution in [0, 0.1) is 0 Å². The van der Waals surface area contributed by atoms with E-state index in [-0.39, 0.29) is 34.5 Å². The number of Topliss-reactive ketones (excluding diaryl/α,β-unsaturated/α-hetero) is 1. The topological polar surface area (TPSA) is 100 Å². The number of hydrogen-bond acceptors (Lipinski definition) is 7. The molecule has 2 aromatic carbocycles. The molecule has 26 heavy (non-hydrogen) atoms. The van der Waals surface area contributed by atoms with Crippen molar-refractivity contribution < 1.29 is 32.2 Å². The number of benzene rings is 2. The van der Waals surface area contributed by atoms with Gasteiger partial charge in [0.1, 0.15) is 0 Å². The lowest BCUT2D eigenvalue weighted by Gasteiger charge is -2.14. The lowest BCUT2D eigenvalue weighted by molar-refractivity contribution is 0.101. The molecule has 2 aromatic rings. The Bertz CT molecular complexity index is 969. The van der Waals surface area contributed by atoms with Gasteiger partial charge in [0.2, 0.25) is 6.79 Å². The van der Waals surface area contributed by atoms with Crippen LogP contribution in [0.15, 0.2) is 35.2 Å². The summed E-state index contributed by atoms with van der Waals surface area (Å²) in [6.07, 6.45) is 0. The minimum Gasteiger partial charge on any atom is -0.493 e. The number of ether oxygens (including phenoxy) is 4. The van der Waals surface area contributed by atoms with Crippen LogP contribution in [-0.4, -0.2) is 35.2 Å². The van der Waals surface area contributed by atoms with E-state index in [0.29, 0.717) is 17.2 Å². The van der Waals surface area contributed by atoms with Gasteiger partial charge in [-0.25, -0.2) is 8.42 Å². The summed E-state index contributed by atoms with van der Waals surface area (Å²) in [5.74, 6) is 1.12. The van der Waals surface area contributed by atoms with Gasteiger partial charge >= 0.3 is 0 Å². The smallest absolute Gasteiger partial charge is 0.262 e. The third-order valence-electron chi connectivity index (χ3n) is 3.80. The predicted octanol–water partition coefficient (Wildman–Crippen LogP) is 2.44. The summed E-state index contributed by atoms with van der Waals surface area (Å²) in [6, 6.07) is 7.08. The van der Waals surface area contributed by atoms with Crippen molar-refractivity contribution in [2.75, 3.05) is 25.7 Å². The molecular weight excluding hydrogens is 362 g/mol. The van der Waals surface area contributed by atoms with E-state index in [9.17, 15) is 13.2 Å². The molecule has 1 N–H and O–H groups in total. The maximum atomic E-state index is 12.8. The predicted molar refractivity (Wildman–Crippen MR) is 92.9 cm³/mol. The molecule has 1 heterocycles. The van der Waals surface area contributed by atoms with Crippen LogP contribution in [0.4, 0.5) is 5.69 Å². The first-order valence-electron chi connectivity index (χ1n) is 7.55. The molecule has 1 aliphatic heterocycles. The van der Waals surface area contributed by atoms with Gasteiger partial charge in [0, 0.05) is 17.7 Å². The maximum Gasteiger partial charge on any atom is 0.262 e. The van der Waals surface area contributed by atoms with Crippen molar-refractivity contribution in [3.05, 3.63) is 35.9 Å². The van der Waals surface area contributed by atoms with Gasteiger partial charge < -0.3 is 18.9 Å². The van der Waals surface area contributed by atoms with Crippen LogP contribution in [0.3, 0.4) is 0 Å². The number of fused-ring (bicyclic) bond motifs is 1. The third-order valence-corrected chi connectivity index (χ3v) is 5.16. The van der Waals surface area contributed by atoms with Crippen molar-refractivity contribution in [2.45, 2.75) is 11.8 Å². The van der Waals surface area contributed by atoms with E-state index in [1.165, 1.54) is 51.5 Å². The first kappa shape index (κ1) is 17.9. The molecule has 0 radical (unpaired) electrons.